The highest BCUT2D eigenvalue weighted by atomic mass is 32.1. The van der Waals surface area contributed by atoms with Gasteiger partial charge in [-0.05, 0) is 49.8 Å². The third-order valence-electron chi connectivity index (χ3n) is 4.43. The summed E-state index contributed by atoms with van der Waals surface area (Å²) in [5, 5.41) is 8.32. The van der Waals surface area contributed by atoms with E-state index in [1.807, 2.05) is 11.3 Å². The van der Waals surface area contributed by atoms with Gasteiger partial charge in [0.1, 0.15) is 6.10 Å². The Balaban J connectivity index is 1.37. The number of hydrogen-bond acceptors (Lipinski definition) is 4. The molecule has 2 aromatic rings. The van der Waals surface area contributed by atoms with Crippen molar-refractivity contribution in [3.8, 4) is 0 Å². The van der Waals surface area contributed by atoms with Crippen LogP contribution in [0.1, 0.15) is 40.0 Å². The summed E-state index contributed by atoms with van der Waals surface area (Å²) in [7, 11) is 0. The van der Waals surface area contributed by atoms with Gasteiger partial charge in [0, 0.05) is 35.6 Å². The van der Waals surface area contributed by atoms with E-state index >= 15 is 0 Å². The van der Waals surface area contributed by atoms with Gasteiger partial charge in [0.25, 0.3) is 0 Å². The monoisotopic (exact) mass is 317 g/mol. The molecule has 0 saturated heterocycles. The van der Waals surface area contributed by atoms with E-state index in [9.17, 15) is 0 Å². The average molecular weight is 317 g/mol. The van der Waals surface area contributed by atoms with E-state index in [-0.39, 0.29) is 6.10 Å². The normalized spacial score (nSPS) is 21.0. The molecule has 1 aliphatic heterocycles. The number of thiophene rings is 1. The van der Waals surface area contributed by atoms with Crippen molar-refractivity contribution >= 4 is 11.3 Å². The first-order valence-corrected chi connectivity index (χ1v) is 9.03. The molecular formula is C17H23N3OS. The Morgan fingerprint density at radius 2 is 2.32 bits per heavy atom. The highest BCUT2D eigenvalue weighted by Gasteiger charge is 2.27. The summed E-state index contributed by atoms with van der Waals surface area (Å²) in [6.45, 7) is 5.80. The van der Waals surface area contributed by atoms with Gasteiger partial charge in [-0.2, -0.15) is 5.10 Å². The third kappa shape index (κ3) is 3.26. The van der Waals surface area contributed by atoms with Crippen molar-refractivity contribution < 1.29 is 4.74 Å². The van der Waals surface area contributed by atoms with Crippen LogP contribution >= 0.6 is 11.3 Å². The highest BCUT2D eigenvalue weighted by molar-refractivity contribution is 7.11. The Labute approximate surface area is 135 Å². The lowest BCUT2D eigenvalue weighted by atomic mass is 10.1. The topological polar surface area (TPSA) is 39.1 Å². The smallest absolute Gasteiger partial charge is 0.114 e. The Hall–Kier alpha value is -1.17. The van der Waals surface area contributed by atoms with Crippen molar-refractivity contribution in [1.82, 2.24) is 15.1 Å². The van der Waals surface area contributed by atoms with E-state index in [0.29, 0.717) is 0 Å². The van der Waals surface area contributed by atoms with Gasteiger partial charge in [0.2, 0.25) is 0 Å². The first-order chi connectivity index (χ1) is 10.8. The van der Waals surface area contributed by atoms with Gasteiger partial charge in [-0.25, -0.2) is 0 Å². The summed E-state index contributed by atoms with van der Waals surface area (Å²) in [6, 6.07) is 4.38. The van der Waals surface area contributed by atoms with Gasteiger partial charge in [0.05, 0.1) is 12.3 Å². The largest absolute Gasteiger partial charge is 0.370 e. The minimum absolute atomic E-state index is 0.102. The number of ether oxygens (including phenoxy) is 1. The predicted molar refractivity (Wildman–Crippen MR) is 88.1 cm³/mol. The maximum absolute atomic E-state index is 5.95. The molecular weight excluding hydrogens is 294 g/mol. The van der Waals surface area contributed by atoms with Crippen molar-refractivity contribution in [2.45, 2.75) is 45.4 Å². The number of nitrogens with zero attached hydrogens (tertiary/aromatic N) is 2. The second-order valence-electron chi connectivity index (χ2n) is 6.46. The molecule has 3 heterocycles. The van der Waals surface area contributed by atoms with Crippen LogP contribution in [0.2, 0.25) is 0 Å². The third-order valence-corrected chi connectivity index (χ3v) is 5.43. The number of rotatable bonds is 6. The molecule has 1 aliphatic carbocycles. The van der Waals surface area contributed by atoms with Crippen molar-refractivity contribution in [1.29, 1.82) is 0 Å². The SMILES string of the molecule is Cc1ccc(CNCC2OCCc3cn(CC4CC4)nc32)s1. The second kappa shape index (κ2) is 6.14. The lowest BCUT2D eigenvalue weighted by molar-refractivity contribution is 0.0393. The van der Waals surface area contributed by atoms with Gasteiger partial charge < -0.3 is 10.1 Å². The molecule has 22 heavy (non-hydrogen) atoms. The summed E-state index contributed by atoms with van der Waals surface area (Å²) in [6.07, 6.45) is 6.08. The lowest BCUT2D eigenvalue weighted by Crippen LogP contribution is -2.27. The molecule has 2 aliphatic rings. The van der Waals surface area contributed by atoms with Gasteiger partial charge in [-0.1, -0.05) is 0 Å². The molecule has 1 unspecified atom stereocenters. The van der Waals surface area contributed by atoms with E-state index in [1.165, 1.54) is 28.2 Å². The number of nitrogens with one attached hydrogen (secondary N) is 1. The van der Waals surface area contributed by atoms with Crippen LogP contribution in [0.15, 0.2) is 18.3 Å². The van der Waals surface area contributed by atoms with E-state index in [2.05, 4.69) is 35.3 Å². The zero-order valence-electron chi connectivity index (χ0n) is 13.0. The molecule has 0 aromatic carbocycles. The second-order valence-corrected chi connectivity index (χ2v) is 7.83. The fraction of sp³-hybridized carbons (Fsp3) is 0.588. The highest BCUT2D eigenvalue weighted by Crippen LogP contribution is 2.32. The Morgan fingerprint density at radius 3 is 3.09 bits per heavy atom. The Bertz CT molecular complexity index is 644. The molecule has 118 valence electrons. The van der Waals surface area contributed by atoms with Crippen molar-refractivity contribution in [3.63, 3.8) is 0 Å². The molecule has 5 heteroatoms. The molecule has 4 rings (SSSR count). The number of aromatic nitrogens is 2. The van der Waals surface area contributed by atoms with E-state index < -0.39 is 0 Å². The lowest BCUT2D eigenvalue weighted by Gasteiger charge is -2.22. The van der Waals surface area contributed by atoms with Gasteiger partial charge in [-0.3, -0.25) is 4.68 Å². The molecule has 1 fully saturated rings. The van der Waals surface area contributed by atoms with Crippen LogP contribution in [0.25, 0.3) is 0 Å². The molecule has 0 amide bonds. The van der Waals surface area contributed by atoms with Crippen LogP contribution in [-0.2, 0) is 24.2 Å². The van der Waals surface area contributed by atoms with E-state index in [4.69, 9.17) is 9.84 Å². The molecule has 0 bridgehead atoms. The maximum atomic E-state index is 5.95. The summed E-state index contributed by atoms with van der Waals surface area (Å²) < 4.78 is 8.09. The zero-order chi connectivity index (χ0) is 14.9. The van der Waals surface area contributed by atoms with E-state index in [0.717, 1.165) is 44.3 Å². The fourth-order valence-corrected chi connectivity index (χ4v) is 3.91. The quantitative estimate of drug-likeness (QED) is 0.890. The maximum Gasteiger partial charge on any atom is 0.114 e. The molecule has 4 nitrogen and oxygen atoms in total. The Morgan fingerprint density at radius 1 is 1.41 bits per heavy atom. The van der Waals surface area contributed by atoms with Crippen molar-refractivity contribution in [2.24, 2.45) is 5.92 Å². The molecule has 0 spiro atoms. The zero-order valence-corrected chi connectivity index (χ0v) is 13.9. The molecule has 2 aromatic heterocycles. The van der Waals surface area contributed by atoms with Crippen LogP contribution in [0.5, 0.6) is 0 Å². The average Bonchev–Trinajstić information content (AvgIpc) is 3.05. The molecule has 1 atom stereocenters. The first kappa shape index (κ1) is 14.4. The van der Waals surface area contributed by atoms with Crippen molar-refractivity contribution in [3.05, 3.63) is 39.3 Å². The van der Waals surface area contributed by atoms with Gasteiger partial charge in [-0.15, -0.1) is 11.3 Å². The number of hydrogen-bond donors (Lipinski definition) is 1. The first-order valence-electron chi connectivity index (χ1n) is 8.22. The summed E-state index contributed by atoms with van der Waals surface area (Å²) in [5.74, 6) is 0.862. The summed E-state index contributed by atoms with van der Waals surface area (Å²) >= 11 is 1.85. The summed E-state index contributed by atoms with van der Waals surface area (Å²) in [4.78, 5) is 2.75. The van der Waals surface area contributed by atoms with Crippen molar-refractivity contribution in [2.75, 3.05) is 13.2 Å². The molecule has 0 radical (unpaired) electrons. The van der Waals surface area contributed by atoms with Crippen LogP contribution in [0.4, 0.5) is 0 Å². The predicted octanol–water partition coefficient (Wildman–Crippen LogP) is 3.07. The van der Waals surface area contributed by atoms with E-state index in [1.54, 1.807) is 0 Å². The minimum Gasteiger partial charge on any atom is -0.370 e. The minimum atomic E-state index is 0.102. The number of fused-ring (bicyclic) bond motifs is 1. The van der Waals surface area contributed by atoms with Crippen LogP contribution in [0, 0.1) is 12.8 Å². The van der Waals surface area contributed by atoms with Crippen LogP contribution in [0.3, 0.4) is 0 Å². The van der Waals surface area contributed by atoms with Crippen LogP contribution < -0.4 is 5.32 Å². The standard InChI is InChI=1S/C17H23N3OS/c1-12-2-5-15(22-12)8-18-9-16-17-14(6-7-21-16)11-20(19-17)10-13-3-4-13/h2,5,11,13,16,18H,3-4,6-10H2,1H3. The Kier molecular flexibility index (Phi) is 4.03. The van der Waals surface area contributed by atoms with Crippen LogP contribution in [-0.4, -0.2) is 22.9 Å². The molecule has 1 N–H and O–H groups in total. The van der Waals surface area contributed by atoms with Gasteiger partial charge >= 0.3 is 0 Å². The number of aryl methyl sites for hydroxylation is 1. The van der Waals surface area contributed by atoms with Gasteiger partial charge in [0.15, 0.2) is 0 Å². The molecule has 1 saturated carbocycles. The fourth-order valence-electron chi connectivity index (χ4n) is 3.05. The summed E-state index contributed by atoms with van der Waals surface area (Å²) in [5.41, 5.74) is 2.53.